The fourth-order valence-electron chi connectivity index (χ4n) is 1.54. The molecule has 2 N–H and O–H groups in total. The number of carbonyl (C=O) groups is 1. The summed E-state index contributed by atoms with van der Waals surface area (Å²) in [5.41, 5.74) is 0.694. The summed E-state index contributed by atoms with van der Waals surface area (Å²) in [6.07, 6.45) is -1.27. The minimum absolute atomic E-state index is 0.238. The molecule has 20 heavy (non-hydrogen) atoms. The van der Waals surface area contributed by atoms with Gasteiger partial charge in [-0.2, -0.15) is 0 Å². The molecule has 1 rings (SSSR count). The second-order valence-corrected chi connectivity index (χ2v) is 4.82. The Labute approximate surface area is 123 Å². The predicted molar refractivity (Wildman–Crippen MR) is 77.1 cm³/mol. The van der Waals surface area contributed by atoms with E-state index in [0.29, 0.717) is 29.5 Å². The summed E-state index contributed by atoms with van der Waals surface area (Å²) >= 11 is 6.06. The number of aliphatic hydroxyl groups excluding tert-OH is 1. The van der Waals surface area contributed by atoms with Crippen LogP contribution >= 0.6 is 11.6 Å². The molecule has 0 spiro atoms. The molecule has 1 amide bonds. The van der Waals surface area contributed by atoms with Gasteiger partial charge in [0.05, 0.1) is 17.7 Å². The minimum Gasteiger partial charge on any atom is -0.479 e. The van der Waals surface area contributed by atoms with Gasteiger partial charge in [-0.15, -0.1) is 0 Å². The maximum atomic E-state index is 11.7. The highest BCUT2D eigenvalue weighted by Gasteiger charge is 2.16. The zero-order valence-corrected chi connectivity index (χ0v) is 12.6. The van der Waals surface area contributed by atoms with Gasteiger partial charge >= 0.3 is 0 Å². The van der Waals surface area contributed by atoms with Crippen LogP contribution < -0.4 is 10.1 Å². The average Bonchev–Trinajstić information content (AvgIpc) is 2.40. The number of hydrogen-bond acceptors (Lipinski definition) is 4. The van der Waals surface area contributed by atoms with Crippen molar-refractivity contribution in [2.45, 2.75) is 26.1 Å². The Kier molecular flexibility index (Phi) is 6.78. The second kappa shape index (κ2) is 8.09. The van der Waals surface area contributed by atoms with Crippen LogP contribution in [0.3, 0.4) is 0 Å². The molecule has 6 heteroatoms. The topological polar surface area (TPSA) is 67.8 Å². The molecule has 0 radical (unpaired) electrons. The molecule has 1 aromatic rings. The molecule has 5 nitrogen and oxygen atoms in total. The SMILES string of the molecule is COCCNC(=O)C(C)Oc1ccc([C@@H](C)O)cc1Cl. The largest absolute Gasteiger partial charge is 0.479 e. The van der Waals surface area contributed by atoms with Crippen LogP contribution in [0.5, 0.6) is 5.75 Å². The van der Waals surface area contributed by atoms with E-state index in [2.05, 4.69) is 5.32 Å². The molecule has 0 fully saturated rings. The predicted octanol–water partition coefficient (Wildman–Crippen LogP) is 1.92. The number of ether oxygens (including phenoxy) is 2. The standard InChI is InChI=1S/C14H20ClNO4/c1-9(17)11-4-5-13(12(15)8-11)20-10(2)14(18)16-6-7-19-3/h4-5,8-10,17H,6-7H2,1-3H3,(H,16,18)/t9-,10?/m1/s1. The minimum atomic E-state index is -0.665. The number of nitrogens with one attached hydrogen (secondary N) is 1. The quantitative estimate of drug-likeness (QED) is 0.755. The van der Waals surface area contributed by atoms with Gasteiger partial charge in [0.15, 0.2) is 6.10 Å². The van der Waals surface area contributed by atoms with E-state index >= 15 is 0 Å². The number of benzene rings is 1. The lowest BCUT2D eigenvalue weighted by molar-refractivity contribution is -0.127. The van der Waals surface area contributed by atoms with Crippen LogP contribution in [0.25, 0.3) is 0 Å². The number of methoxy groups -OCH3 is 1. The van der Waals surface area contributed by atoms with Gasteiger partial charge in [-0.25, -0.2) is 0 Å². The summed E-state index contributed by atoms with van der Waals surface area (Å²) in [5.74, 6) is 0.170. The van der Waals surface area contributed by atoms with Gasteiger partial charge in [0, 0.05) is 13.7 Å². The molecule has 1 unspecified atom stereocenters. The fraction of sp³-hybridized carbons (Fsp3) is 0.500. The fourth-order valence-corrected chi connectivity index (χ4v) is 1.77. The number of halogens is 1. The van der Waals surface area contributed by atoms with E-state index in [0.717, 1.165) is 0 Å². The maximum absolute atomic E-state index is 11.7. The van der Waals surface area contributed by atoms with Crippen LogP contribution in [-0.4, -0.2) is 37.4 Å². The third kappa shape index (κ3) is 5.00. The zero-order chi connectivity index (χ0) is 15.1. The van der Waals surface area contributed by atoms with Crippen molar-refractivity contribution in [2.24, 2.45) is 0 Å². The first kappa shape index (κ1) is 16.8. The number of carbonyl (C=O) groups excluding carboxylic acids is 1. The zero-order valence-electron chi connectivity index (χ0n) is 11.9. The van der Waals surface area contributed by atoms with E-state index < -0.39 is 12.2 Å². The van der Waals surface area contributed by atoms with Crippen LogP contribution in [0.15, 0.2) is 18.2 Å². The van der Waals surface area contributed by atoms with Crippen LogP contribution in [0.4, 0.5) is 0 Å². The summed E-state index contributed by atoms with van der Waals surface area (Å²) in [5, 5.41) is 12.5. The van der Waals surface area contributed by atoms with Crippen LogP contribution in [0, 0.1) is 0 Å². The Morgan fingerprint density at radius 3 is 2.70 bits per heavy atom. The van der Waals surface area contributed by atoms with E-state index in [1.807, 2.05) is 0 Å². The molecule has 2 atom stereocenters. The van der Waals surface area contributed by atoms with Gasteiger partial charge in [-0.3, -0.25) is 4.79 Å². The van der Waals surface area contributed by atoms with Crippen LogP contribution in [0.1, 0.15) is 25.5 Å². The molecule has 0 aliphatic rings. The lowest BCUT2D eigenvalue weighted by Crippen LogP contribution is -2.37. The highest BCUT2D eigenvalue weighted by atomic mass is 35.5. The molecule has 0 saturated heterocycles. The molecule has 112 valence electrons. The van der Waals surface area contributed by atoms with E-state index in [1.165, 1.54) is 0 Å². The summed E-state index contributed by atoms with van der Waals surface area (Å²) in [6.45, 7) is 4.17. The Hall–Kier alpha value is -1.30. The van der Waals surface area contributed by atoms with Gasteiger partial charge in [0.25, 0.3) is 5.91 Å². The van der Waals surface area contributed by atoms with E-state index in [4.69, 9.17) is 21.1 Å². The van der Waals surface area contributed by atoms with Crippen molar-refractivity contribution in [1.82, 2.24) is 5.32 Å². The molecule has 0 aliphatic heterocycles. The maximum Gasteiger partial charge on any atom is 0.260 e. The lowest BCUT2D eigenvalue weighted by Gasteiger charge is -2.16. The molecule has 0 saturated carbocycles. The average molecular weight is 302 g/mol. The molecular weight excluding hydrogens is 282 g/mol. The smallest absolute Gasteiger partial charge is 0.260 e. The van der Waals surface area contributed by atoms with Crippen LogP contribution in [-0.2, 0) is 9.53 Å². The number of amides is 1. The van der Waals surface area contributed by atoms with E-state index in [-0.39, 0.29) is 5.91 Å². The van der Waals surface area contributed by atoms with Gasteiger partial charge < -0.3 is 19.9 Å². The summed E-state index contributed by atoms with van der Waals surface area (Å²) < 4.78 is 10.4. The summed E-state index contributed by atoms with van der Waals surface area (Å²) in [4.78, 5) is 11.7. The van der Waals surface area contributed by atoms with Gasteiger partial charge in [-0.1, -0.05) is 17.7 Å². The molecule has 0 bridgehead atoms. The molecule has 1 aromatic carbocycles. The van der Waals surface area contributed by atoms with Crippen molar-refractivity contribution in [3.05, 3.63) is 28.8 Å². The van der Waals surface area contributed by atoms with Crippen molar-refractivity contribution in [3.63, 3.8) is 0 Å². The third-order valence-corrected chi connectivity index (χ3v) is 3.01. The Bertz CT molecular complexity index is 451. The Balaban J connectivity index is 2.61. The second-order valence-electron chi connectivity index (χ2n) is 4.41. The Morgan fingerprint density at radius 2 is 2.15 bits per heavy atom. The first-order valence-corrected chi connectivity index (χ1v) is 6.74. The van der Waals surface area contributed by atoms with Gasteiger partial charge in [-0.05, 0) is 31.5 Å². The molecule has 0 aromatic heterocycles. The van der Waals surface area contributed by atoms with Gasteiger partial charge in [0.1, 0.15) is 5.75 Å². The van der Waals surface area contributed by atoms with E-state index in [1.54, 1.807) is 39.2 Å². The van der Waals surface area contributed by atoms with Gasteiger partial charge in [0.2, 0.25) is 0 Å². The van der Waals surface area contributed by atoms with E-state index in [9.17, 15) is 9.90 Å². The number of aliphatic hydroxyl groups is 1. The molecule has 0 aliphatic carbocycles. The first-order chi connectivity index (χ1) is 9.45. The van der Waals surface area contributed by atoms with Crippen molar-refractivity contribution in [3.8, 4) is 5.75 Å². The van der Waals surface area contributed by atoms with Crippen molar-refractivity contribution in [2.75, 3.05) is 20.3 Å². The van der Waals surface area contributed by atoms with Crippen LogP contribution in [0.2, 0.25) is 5.02 Å². The third-order valence-electron chi connectivity index (χ3n) is 2.72. The highest BCUT2D eigenvalue weighted by molar-refractivity contribution is 6.32. The lowest BCUT2D eigenvalue weighted by atomic mass is 10.1. The Morgan fingerprint density at radius 1 is 1.45 bits per heavy atom. The monoisotopic (exact) mass is 301 g/mol. The molecule has 0 heterocycles. The normalized spacial score (nSPS) is 13.7. The number of hydrogen-bond donors (Lipinski definition) is 2. The number of rotatable bonds is 7. The highest BCUT2D eigenvalue weighted by Crippen LogP contribution is 2.28. The summed E-state index contributed by atoms with van der Waals surface area (Å²) in [7, 11) is 1.57. The van der Waals surface area contributed by atoms with Crippen molar-refractivity contribution >= 4 is 17.5 Å². The van der Waals surface area contributed by atoms with Crippen molar-refractivity contribution < 1.29 is 19.4 Å². The molecular formula is C14H20ClNO4. The first-order valence-electron chi connectivity index (χ1n) is 6.36. The van der Waals surface area contributed by atoms with Crippen molar-refractivity contribution in [1.29, 1.82) is 0 Å². The summed E-state index contributed by atoms with van der Waals surface area (Å²) in [6, 6.07) is 4.97.